The lowest BCUT2D eigenvalue weighted by molar-refractivity contribution is 0.0277. The topological polar surface area (TPSA) is 129 Å². The van der Waals surface area contributed by atoms with Crippen LogP contribution in [0.25, 0.3) is 0 Å². The van der Waals surface area contributed by atoms with Gasteiger partial charge in [-0.1, -0.05) is 0 Å². The van der Waals surface area contributed by atoms with Gasteiger partial charge < -0.3 is 47.9 Å². The first kappa shape index (κ1) is 27.8. The van der Waals surface area contributed by atoms with Crippen LogP contribution in [0.3, 0.4) is 0 Å². The number of ether oxygens (including phenoxy) is 9. The maximum absolute atomic E-state index is 12.2. The molecule has 0 aliphatic carbocycles. The lowest BCUT2D eigenvalue weighted by Crippen LogP contribution is -2.44. The molecule has 2 aliphatic rings. The molecule has 0 spiro atoms. The van der Waals surface area contributed by atoms with E-state index in [0.717, 1.165) is 16.8 Å². The van der Waals surface area contributed by atoms with Crippen molar-refractivity contribution in [1.29, 1.82) is 0 Å². The van der Waals surface area contributed by atoms with Crippen molar-refractivity contribution in [2.45, 2.75) is 25.8 Å². The zero-order chi connectivity index (χ0) is 27.9. The highest BCUT2D eigenvalue weighted by molar-refractivity contribution is 5.68. The maximum Gasteiger partial charge on any atom is 0.508 e. The van der Waals surface area contributed by atoms with Crippen molar-refractivity contribution < 1.29 is 52.2 Å². The van der Waals surface area contributed by atoms with Gasteiger partial charge in [0, 0.05) is 23.6 Å². The average Bonchev–Trinajstić information content (AvgIpc) is 3.40. The lowest BCUT2D eigenvalue weighted by Gasteiger charge is -2.40. The molecule has 3 atom stereocenters. The van der Waals surface area contributed by atoms with Gasteiger partial charge in [-0.25, -0.2) is 9.59 Å². The van der Waals surface area contributed by atoms with Crippen LogP contribution >= 0.6 is 0 Å². The van der Waals surface area contributed by atoms with Crippen LogP contribution in [0, 0.1) is 5.92 Å². The number of benzene rings is 2. The van der Waals surface area contributed by atoms with Crippen LogP contribution in [0.4, 0.5) is 15.3 Å². The molecule has 12 heteroatoms. The van der Waals surface area contributed by atoms with Crippen molar-refractivity contribution in [3.63, 3.8) is 0 Å². The summed E-state index contributed by atoms with van der Waals surface area (Å²) in [7, 11) is 4.60. The molecule has 0 amide bonds. The van der Waals surface area contributed by atoms with Crippen molar-refractivity contribution in [2.75, 3.05) is 59.9 Å². The highest BCUT2D eigenvalue weighted by Gasteiger charge is 2.41. The van der Waals surface area contributed by atoms with Gasteiger partial charge >= 0.3 is 12.3 Å². The first-order chi connectivity index (χ1) is 18.9. The lowest BCUT2D eigenvalue weighted by atomic mass is 9.74. The Kier molecular flexibility index (Phi) is 8.95. The number of methoxy groups -OCH3 is 3. The minimum atomic E-state index is -0.803. The predicted octanol–water partition coefficient (Wildman–Crippen LogP) is 4.33. The summed E-state index contributed by atoms with van der Waals surface area (Å²) in [6.45, 7) is 3.69. The normalized spacial score (nSPS) is 18.7. The Balaban J connectivity index is 1.83. The molecule has 0 saturated carbocycles. The number of anilines is 1. The molecule has 39 heavy (non-hydrogen) atoms. The van der Waals surface area contributed by atoms with Crippen molar-refractivity contribution in [1.82, 2.24) is 0 Å². The molecule has 0 fully saturated rings. The summed E-state index contributed by atoms with van der Waals surface area (Å²) in [4.78, 5) is 24.3. The van der Waals surface area contributed by atoms with Crippen molar-refractivity contribution in [3.05, 3.63) is 35.4 Å². The minimum Gasteiger partial charge on any atom is -0.493 e. The third kappa shape index (κ3) is 5.94. The van der Waals surface area contributed by atoms with Crippen LogP contribution in [-0.4, -0.2) is 72.9 Å². The average molecular weight is 548 g/mol. The molecule has 0 aromatic heterocycles. The van der Waals surface area contributed by atoms with Gasteiger partial charge in [-0.2, -0.15) is 0 Å². The zero-order valence-electron chi connectivity index (χ0n) is 22.6. The largest absolute Gasteiger partial charge is 0.508 e. The molecule has 2 aromatic rings. The van der Waals surface area contributed by atoms with Gasteiger partial charge in [0.25, 0.3) is 0 Å². The molecule has 12 nitrogen and oxygen atoms in total. The summed E-state index contributed by atoms with van der Waals surface area (Å²) in [6, 6.07) is 6.90. The van der Waals surface area contributed by atoms with Crippen molar-refractivity contribution >= 4 is 18.0 Å². The minimum absolute atomic E-state index is 0.0576. The van der Waals surface area contributed by atoms with Gasteiger partial charge in [-0.05, 0) is 43.2 Å². The van der Waals surface area contributed by atoms with Gasteiger partial charge in [-0.15, -0.1) is 0 Å². The van der Waals surface area contributed by atoms with Gasteiger partial charge in [0.1, 0.15) is 13.2 Å². The van der Waals surface area contributed by atoms with Crippen molar-refractivity contribution in [2.24, 2.45) is 5.92 Å². The van der Waals surface area contributed by atoms with Crippen LogP contribution in [-0.2, 0) is 18.9 Å². The molecule has 2 aromatic carbocycles. The van der Waals surface area contributed by atoms with Crippen molar-refractivity contribution in [3.8, 4) is 28.7 Å². The highest BCUT2D eigenvalue weighted by Crippen LogP contribution is 2.50. The van der Waals surface area contributed by atoms with Gasteiger partial charge in [0.2, 0.25) is 12.5 Å². The third-order valence-corrected chi connectivity index (χ3v) is 6.51. The fourth-order valence-electron chi connectivity index (χ4n) is 4.84. The van der Waals surface area contributed by atoms with E-state index in [0.29, 0.717) is 28.7 Å². The van der Waals surface area contributed by atoms with Gasteiger partial charge in [-0.3, -0.25) is 0 Å². The summed E-state index contributed by atoms with van der Waals surface area (Å²) in [5.41, 5.74) is 2.37. The number of hydrogen-bond acceptors (Lipinski definition) is 12. The zero-order valence-corrected chi connectivity index (χ0v) is 22.6. The van der Waals surface area contributed by atoms with Crippen LogP contribution < -0.4 is 29.0 Å². The quantitative estimate of drug-likeness (QED) is 0.425. The van der Waals surface area contributed by atoms with Gasteiger partial charge in [0.15, 0.2) is 23.0 Å². The molecular formula is C27H33NO11. The summed E-state index contributed by atoms with van der Waals surface area (Å²) in [5, 5.41) is 3.42. The standard InChI is InChI=1S/C27H33NO11/c1-6-34-26(29)36-12-17-19(13-37-27(30)35-7-2)28-18-11-21-20(38-14-39-21)10-16(18)24(17)15-8-22(31-3)25(33-5)23(9-15)32-4/h8-11,17,19,24,28H,6-7,12-14H2,1-5H3/t17-,19-,24+/m0/s1. The highest BCUT2D eigenvalue weighted by atomic mass is 16.7. The smallest absolute Gasteiger partial charge is 0.493 e. The Bertz CT molecular complexity index is 1160. The molecule has 1 N–H and O–H groups in total. The molecule has 0 unspecified atom stereocenters. The van der Waals surface area contributed by atoms with E-state index in [1.807, 2.05) is 24.3 Å². The number of fused-ring (bicyclic) bond motifs is 2. The molecule has 2 aliphatic heterocycles. The Morgan fingerprint density at radius 2 is 1.41 bits per heavy atom. The first-order valence-electron chi connectivity index (χ1n) is 12.5. The Labute approximate surface area is 226 Å². The second kappa shape index (κ2) is 12.5. The van der Waals surface area contributed by atoms with Crippen LogP contribution in [0.2, 0.25) is 0 Å². The fourth-order valence-corrected chi connectivity index (χ4v) is 4.84. The number of carbonyl (C=O) groups is 2. The summed E-state index contributed by atoms with van der Waals surface area (Å²) < 4.78 is 48.9. The molecular weight excluding hydrogens is 514 g/mol. The van der Waals surface area contributed by atoms with Crippen LogP contribution in [0.5, 0.6) is 28.7 Å². The number of rotatable bonds is 10. The predicted molar refractivity (Wildman–Crippen MR) is 137 cm³/mol. The number of nitrogens with one attached hydrogen (secondary N) is 1. The van der Waals surface area contributed by atoms with Crippen LogP contribution in [0.15, 0.2) is 24.3 Å². The van der Waals surface area contributed by atoms with E-state index >= 15 is 0 Å². The molecule has 0 bridgehead atoms. The third-order valence-electron chi connectivity index (χ3n) is 6.51. The van der Waals surface area contributed by atoms with E-state index < -0.39 is 30.2 Å². The second-order valence-electron chi connectivity index (χ2n) is 8.63. The number of carbonyl (C=O) groups excluding carboxylic acids is 2. The Morgan fingerprint density at radius 1 is 0.821 bits per heavy atom. The molecule has 2 heterocycles. The Hall–Kier alpha value is -4.22. The van der Waals surface area contributed by atoms with E-state index in [1.165, 1.54) is 21.3 Å². The first-order valence-corrected chi connectivity index (χ1v) is 12.5. The summed E-state index contributed by atoms with van der Waals surface area (Å²) in [5.74, 6) is 1.66. The fraction of sp³-hybridized carbons (Fsp3) is 0.481. The maximum atomic E-state index is 12.2. The van der Waals surface area contributed by atoms with Crippen LogP contribution in [0.1, 0.15) is 30.9 Å². The van der Waals surface area contributed by atoms with E-state index in [4.69, 9.17) is 42.6 Å². The van der Waals surface area contributed by atoms with E-state index in [2.05, 4.69) is 5.32 Å². The second-order valence-corrected chi connectivity index (χ2v) is 8.63. The van der Waals surface area contributed by atoms with E-state index in [1.54, 1.807) is 13.8 Å². The van der Waals surface area contributed by atoms with E-state index in [9.17, 15) is 9.59 Å². The molecule has 0 radical (unpaired) electrons. The van der Waals surface area contributed by atoms with Gasteiger partial charge in [0.05, 0.1) is 40.6 Å². The van der Waals surface area contributed by atoms with E-state index in [-0.39, 0.29) is 33.2 Å². The monoisotopic (exact) mass is 547 g/mol. The molecule has 4 rings (SSSR count). The Morgan fingerprint density at radius 3 is 1.97 bits per heavy atom. The molecule has 212 valence electrons. The number of hydrogen-bond donors (Lipinski definition) is 1. The summed E-state index contributed by atoms with van der Waals surface area (Å²) in [6.07, 6.45) is -1.60. The summed E-state index contributed by atoms with van der Waals surface area (Å²) >= 11 is 0. The SMILES string of the molecule is CCOC(=O)OC[C@@H]1[C@H](c2cc(OC)c(OC)c(OC)c2)c2cc3c(cc2N[C@H]1COC(=O)OCC)OCO3. The molecule has 0 saturated heterocycles.